The number of nitrogens with two attached hydrogens (primary N) is 1. The van der Waals surface area contributed by atoms with Crippen LogP contribution < -0.4 is 10.5 Å². The SMILES string of the molecule is Nc1cnccc1OCc1ccccc1Br. The number of nitrogens with zero attached hydrogens (tertiary/aromatic N) is 1. The second kappa shape index (κ2) is 4.99. The highest BCUT2D eigenvalue weighted by atomic mass is 79.9. The van der Waals surface area contributed by atoms with E-state index in [9.17, 15) is 0 Å². The zero-order valence-electron chi connectivity index (χ0n) is 8.56. The molecule has 0 unspecified atom stereocenters. The van der Waals surface area contributed by atoms with Gasteiger partial charge in [0.15, 0.2) is 0 Å². The Bertz CT molecular complexity index is 442. The van der Waals surface area contributed by atoms with Gasteiger partial charge in [0, 0.05) is 22.3 Å². The van der Waals surface area contributed by atoms with Crippen LogP contribution in [0.2, 0.25) is 0 Å². The van der Waals surface area contributed by atoms with Gasteiger partial charge in [0.05, 0.1) is 11.9 Å². The number of hydrogen-bond acceptors (Lipinski definition) is 3. The molecule has 0 fully saturated rings. The molecule has 16 heavy (non-hydrogen) atoms. The van der Waals surface area contributed by atoms with Crippen LogP contribution in [0.15, 0.2) is 47.2 Å². The van der Waals surface area contributed by atoms with Gasteiger partial charge in [0.2, 0.25) is 0 Å². The average Bonchev–Trinajstić information content (AvgIpc) is 2.30. The quantitative estimate of drug-likeness (QED) is 0.939. The molecule has 0 aliphatic rings. The summed E-state index contributed by atoms with van der Waals surface area (Å²) in [6, 6.07) is 9.68. The second-order valence-electron chi connectivity index (χ2n) is 3.29. The lowest BCUT2D eigenvalue weighted by atomic mass is 10.2. The number of anilines is 1. The molecular formula is C12H11BrN2O. The Labute approximate surface area is 102 Å². The lowest BCUT2D eigenvalue weighted by molar-refractivity contribution is 0.307. The molecule has 0 amide bonds. The predicted molar refractivity (Wildman–Crippen MR) is 67.1 cm³/mol. The molecule has 0 spiro atoms. The van der Waals surface area contributed by atoms with Crippen molar-refractivity contribution in [2.24, 2.45) is 0 Å². The van der Waals surface area contributed by atoms with E-state index >= 15 is 0 Å². The van der Waals surface area contributed by atoms with Crippen molar-refractivity contribution in [2.45, 2.75) is 6.61 Å². The van der Waals surface area contributed by atoms with Crippen LogP contribution in [-0.4, -0.2) is 4.98 Å². The van der Waals surface area contributed by atoms with Gasteiger partial charge in [-0.25, -0.2) is 0 Å². The third kappa shape index (κ3) is 2.52. The molecule has 1 aromatic carbocycles. The van der Waals surface area contributed by atoms with Crippen molar-refractivity contribution in [3.63, 3.8) is 0 Å². The van der Waals surface area contributed by atoms with E-state index in [0.717, 1.165) is 10.0 Å². The van der Waals surface area contributed by atoms with Gasteiger partial charge in [-0.05, 0) is 6.07 Å². The first-order valence-electron chi connectivity index (χ1n) is 4.83. The molecule has 0 aliphatic heterocycles. The van der Waals surface area contributed by atoms with E-state index in [1.807, 2.05) is 24.3 Å². The molecule has 0 radical (unpaired) electrons. The maximum absolute atomic E-state index is 5.72. The number of ether oxygens (including phenoxy) is 1. The molecule has 3 nitrogen and oxygen atoms in total. The van der Waals surface area contributed by atoms with Gasteiger partial charge in [-0.1, -0.05) is 34.1 Å². The number of rotatable bonds is 3. The van der Waals surface area contributed by atoms with Gasteiger partial charge in [-0.15, -0.1) is 0 Å². The lowest BCUT2D eigenvalue weighted by Crippen LogP contribution is -1.99. The average molecular weight is 279 g/mol. The highest BCUT2D eigenvalue weighted by Crippen LogP contribution is 2.22. The third-order valence-electron chi connectivity index (χ3n) is 2.15. The number of benzene rings is 1. The normalized spacial score (nSPS) is 10.1. The van der Waals surface area contributed by atoms with Crippen LogP contribution >= 0.6 is 15.9 Å². The molecule has 0 saturated carbocycles. The third-order valence-corrected chi connectivity index (χ3v) is 2.92. The van der Waals surface area contributed by atoms with Gasteiger partial charge in [-0.2, -0.15) is 0 Å². The Kier molecular flexibility index (Phi) is 3.41. The topological polar surface area (TPSA) is 48.1 Å². The van der Waals surface area contributed by atoms with Crippen molar-refractivity contribution in [3.8, 4) is 5.75 Å². The Hall–Kier alpha value is -1.55. The molecule has 2 N–H and O–H groups in total. The first-order valence-corrected chi connectivity index (χ1v) is 5.62. The van der Waals surface area contributed by atoms with Crippen LogP contribution in [0.5, 0.6) is 5.75 Å². The van der Waals surface area contributed by atoms with Crippen LogP contribution in [0.4, 0.5) is 5.69 Å². The van der Waals surface area contributed by atoms with E-state index in [1.54, 1.807) is 18.5 Å². The molecule has 0 aliphatic carbocycles. The van der Waals surface area contributed by atoms with E-state index in [0.29, 0.717) is 18.0 Å². The second-order valence-corrected chi connectivity index (χ2v) is 4.15. The molecule has 0 atom stereocenters. The highest BCUT2D eigenvalue weighted by molar-refractivity contribution is 9.10. The minimum absolute atomic E-state index is 0.482. The van der Waals surface area contributed by atoms with Crippen molar-refractivity contribution in [1.82, 2.24) is 4.98 Å². The maximum atomic E-state index is 5.72. The summed E-state index contributed by atoms with van der Waals surface area (Å²) in [5, 5.41) is 0. The molecular weight excluding hydrogens is 268 g/mol. The zero-order chi connectivity index (χ0) is 11.4. The molecule has 82 valence electrons. The number of hydrogen-bond donors (Lipinski definition) is 1. The minimum atomic E-state index is 0.482. The van der Waals surface area contributed by atoms with Crippen molar-refractivity contribution in [2.75, 3.05) is 5.73 Å². The monoisotopic (exact) mass is 278 g/mol. The van der Waals surface area contributed by atoms with Crippen LogP contribution in [0, 0.1) is 0 Å². The highest BCUT2D eigenvalue weighted by Gasteiger charge is 2.02. The predicted octanol–water partition coefficient (Wildman–Crippen LogP) is 3.01. The standard InChI is InChI=1S/C12H11BrN2O/c13-10-4-2-1-3-9(10)8-16-12-5-6-15-7-11(12)14/h1-7H,8,14H2. The minimum Gasteiger partial charge on any atom is -0.487 e. The van der Waals surface area contributed by atoms with E-state index in [-0.39, 0.29) is 0 Å². The van der Waals surface area contributed by atoms with Crippen molar-refractivity contribution >= 4 is 21.6 Å². The summed E-state index contributed by atoms with van der Waals surface area (Å²) in [4.78, 5) is 3.90. The Morgan fingerprint density at radius 2 is 2.06 bits per heavy atom. The van der Waals surface area contributed by atoms with E-state index in [1.165, 1.54) is 0 Å². The molecule has 1 heterocycles. The zero-order valence-corrected chi connectivity index (χ0v) is 10.1. The molecule has 2 aromatic rings. The van der Waals surface area contributed by atoms with E-state index in [2.05, 4.69) is 20.9 Å². The summed E-state index contributed by atoms with van der Waals surface area (Å²) >= 11 is 3.46. The fourth-order valence-electron chi connectivity index (χ4n) is 1.30. The van der Waals surface area contributed by atoms with E-state index in [4.69, 9.17) is 10.5 Å². The summed E-state index contributed by atoms with van der Waals surface area (Å²) in [5.41, 5.74) is 7.36. The summed E-state index contributed by atoms with van der Waals surface area (Å²) in [6.45, 7) is 0.482. The van der Waals surface area contributed by atoms with E-state index < -0.39 is 0 Å². The van der Waals surface area contributed by atoms with Crippen molar-refractivity contribution in [1.29, 1.82) is 0 Å². The number of aromatic nitrogens is 1. The first-order chi connectivity index (χ1) is 7.77. The summed E-state index contributed by atoms with van der Waals surface area (Å²) in [7, 11) is 0. The van der Waals surface area contributed by atoms with Crippen molar-refractivity contribution in [3.05, 3.63) is 52.8 Å². The van der Waals surface area contributed by atoms with Crippen LogP contribution in [0.1, 0.15) is 5.56 Å². The van der Waals surface area contributed by atoms with Crippen LogP contribution in [0.3, 0.4) is 0 Å². The Balaban J connectivity index is 2.09. The van der Waals surface area contributed by atoms with Crippen molar-refractivity contribution < 1.29 is 4.74 Å². The molecule has 1 aromatic heterocycles. The number of pyridine rings is 1. The largest absolute Gasteiger partial charge is 0.487 e. The smallest absolute Gasteiger partial charge is 0.145 e. The Morgan fingerprint density at radius 3 is 2.81 bits per heavy atom. The maximum Gasteiger partial charge on any atom is 0.145 e. The first kappa shape index (κ1) is 11.0. The summed E-state index contributed by atoms with van der Waals surface area (Å²) in [6.07, 6.45) is 3.24. The molecule has 2 rings (SSSR count). The van der Waals surface area contributed by atoms with Crippen LogP contribution in [0.25, 0.3) is 0 Å². The fraction of sp³-hybridized carbons (Fsp3) is 0.0833. The van der Waals surface area contributed by atoms with Gasteiger partial charge in [0.25, 0.3) is 0 Å². The van der Waals surface area contributed by atoms with Gasteiger partial charge < -0.3 is 10.5 Å². The molecule has 0 bridgehead atoms. The van der Waals surface area contributed by atoms with Gasteiger partial charge >= 0.3 is 0 Å². The van der Waals surface area contributed by atoms with Gasteiger partial charge in [-0.3, -0.25) is 4.98 Å². The number of halogens is 1. The molecule has 4 heteroatoms. The van der Waals surface area contributed by atoms with Gasteiger partial charge in [0.1, 0.15) is 12.4 Å². The summed E-state index contributed by atoms with van der Waals surface area (Å²) in [5.74, 6) is 0.658. The molecule has 0 saturated heterocycles. The summed E-state index contributed by atoms with van der Waals surface area (Å²) < 4.78 is 6.64. The number of nitrogen functional groups attached to an aromatic ring is 1. The fourth-order valence-corrected chi connectivity index (χ4v) is 1.70. The lowest BCUT2D eigenvalue weighted by Gasteiger charge is -2.09. The Morgan fingerprint density at radius 1 is 1.25 bits per heavy atom. The van der Waals surface area contributed by atoms with Crippen LogP contribution in [-0.2, 0) is 6.61 Å².